The molecule has 0 bridgehead atoms. The Hall–Kier alpha value is -2.05. The van der Waals surface area contributed by atoms with E-state index in [1.165, 1.54) is 0 Å². The number of benzene rings is 1. The van der Waals surface area contributed by atoms with E-state index in [2.05, 4.69) is 5.32 Å². The van der Waals surface area contributed by atoms with Gasteiger partial charge in [0.15, 0.2) is 0 Å². The standard InChI is InChI=1S/C18H25ClFN5/c1-12(21)15(16(19)17(22)13-5-3-2-4-6-13)18(23)24-8-10-25-9-7-14(20)11-25/h2-6,14,21,24H,7-11,22-23H2,1H3/b17-16+,18-15+,21-12?. The van der Waals surface area contributed by atoms with Crippen molar-refractivity contribution in [3.05, 3.63) is 52.3 Å². The molecule has 1 unspecified atom stereocenters. The van der Waals surface area contributed by atoms with Crippen LogP contribution in [0, 0.1) is 5.41 Å². The highest BCUT2D eigenvalue weighted by atomic mass is 35.5. The third kappa shape index (κ3) is 5.21. The first-order valence-corrected chi connectivity index (χ1v) is 8.64. The summed E-state index contributed by atoms with van der Waals surface area (Å²) >= 11 is 6.42. The van der Waals surface area contributed by atoms with Gasteiger partial charge in [-0.1, -0.05) is 41.9 Å². The van der Waals surface area contributed by atoms with E-state index in [0.717, 1.165) is 12.1 Å². The topological polar surface area (TPSA) is 91.2 Å². The molecule has 0 spiro atoms. The predicted molar refractivity (Wildman–Crippen MR) is 102 cm³/mol. The zero-order chi connectivity index (χ0) is 18.4. The van der Waals surface area contributed by atoms with Crippen LogP contribution >= 0.6 is 11.6 Å². The molecule has 1 heterocycles. The van der Waals surface area contributed by atoms with Crippen LogP contribution in [0.2, 0.25) is 0 Å². The summed E-state index contributed by atoms with van der Waals surface area (Å²) < 4.78 is 13.2. The van der Waals surface area contributed by atoms with Crippen molar-refractivity contribution >= 4 is 23.0 Å². The summed E-state index contributed by atoms with van der Waals surface area (Å²) in [5.74, 6) is 0.298. The minimum atomic E-state index is -0.740. The largest absolute Gasteiger partial charge is 0.397 e. The summed E-state index contributed by atoms with van der Waals surface area (Å²) in [6, 6.07) is 9.31. The molecule has 0 saturated carbocycles. The summed E-state index contributed by atoms with van der Waals surface area (Å²) in [4.78, 5) is 2.04. The molecule has 1 fully saturated rings. The molecule has 1 aliphatic heterocycles. The second-order valence-corrected chi connectivity index (χ2v) is 6.50. The Bertz CT molecular complexity index is 671. The second-order valence-electron chi connectivity index (χ2n) is 6.12. The first-order valence-electron chi connectivity index (χ1n) is 8.26. The lowest BCUT2D eigenvalue weighted by Gasteiger charge is -2.18. The first-order chi connectivity index (χ1) is 11.9. The molecule has 136 valence electrons. The van der Waals surface area contributed by atoms with Crippen molar-refractivity contribution in [3.63, 3.8) is 0 Å². The molecule has 0 aliphatic carbocycles. The summed E-state index contributed by atoms with van der Waals surface area (Å²) in [6.45, 7) is 4.05. The summed E-state index contributed by atoms with van der Waals surface area (Å²) in [5.41, 5.74) is 14.0. The number of hydrogen-bond donors (Lipinski definition) is 4. The van der Waals surface area contributed by atoms with Crippen molar-refractivity contribution in [2.75, 3.05) is 26.2 Å². The van der Waals surface area contributed by atoms with Crippen LogP contribution in [0.1, 0.15) is 18.9 Å². The van der Waals surface area contributed by atoms with Gasteiger partial charge in [-0.05, 0) is 18.9 Å². The van der Waals surface area contributed by atoms with Gasteiger partial charge in [-0.15, -0.1) is 0 Å². The number of nitrogens with one attached hydrogen (secondary N) is 2. The molecular formula is C18H25ClFN5. The molecule has 6 N–H and O–H groups in total. The number of hydrogen-bond acceptors (Lipinski definition) is 5. The van der Waals surface area contributed by atoms with E-state index >= 15 is 0 Å². The molecule has 7 heteroatoms. The molecule has 0 radical (unpaired) electrons. The SMILES string of the molecule is CC(=N)C(=C(/N)NCCN1CCC(F)C1)/C(Cl)=C(\N)c1ccccc1. The van der Waals surface area contributed by atoms with Crippen LogP contribution in [0.4, 0.5) is 4.39 Å². The Morgan fingerprint density at radius 2 is 2.04 bits per heavy atom. The molecule has 0 aromatic heterocycles. The zero-order valence-electron chi connectivity index (χ0n) is 14.4. The average molecular weight is 366 g/mol. The minimum absolute atomic E-state index is 0.221. The number of likely N-dealkylation sites (tertiary alicyclic amines) is 1. The molecule has 0 amide bonds. The molecule has 2 rings (SSSR count). The van der Waals surface area contributed by atoms with Gasteiger partial charge in [-0.3, -0.25) is 4.90 Å². The molecule has 1 saturated heterocycles. The highest BCUT2D eigenvalue weighted by Crippen LogP contribution is 2.25. The van der Waals surface area contributed by atoms with Crippen LogP contribution in [0.3, 0.4) is 0 Å². The van der Waals surface area contributed by atoms with Crippen molar-refractivity contribution in [3.8, 4) is 0 Å². The van der Waals surface area contributed by atoms with Gasteiger partial charge in [0.2, 0.25) is 0 Å². The van der Waals surface area contributed by atoms with Crippen molar-refractivity contribution in [2.24, 2.45) is 11.5 Å². The van der Waals surface area contributed by atoms with Gasteiger partial charge in [-0.2, -0.15) is 0 Å². The van der Waals surface area contributed by atoms with Gasteiger partial charge in [0.25, 0.3) is 0 Å². The smallest absolute Gasteiger partial charge is 0.114 e. The highest BCUT2D eigenvalue weighted by molar-refractivity contribution is 6.38. The monoisotopic (exact) mass is 365 g/mol. The van der Waals surface area contributed by atoms with Gasteiger partial charge in [-0.25, -0.2) is 4.39 Å². The Labute approximate surface area is 153 Å². The van der Waals surface area contributed by atoms with Crippen LogP contribution in [0.5, 0.6) is 0 Å². The van der Waals surface area contributed by atoms with Crippen LogP contribution in [0.25, 0.3) is 5.70 Å². The average Bonchev–Trinajstić information content (AvgIpc) is 3.00. The molecule has 5 nitrogen and oxygen atoms in total. The van der Waals surface area contributed by atoms with Crippen LogP contribution in [0.15, 0.2) is 46.8 Å². The Kier molecular flexibility index (Phi) is 6.84. The molecule has 1 aromatic carbocycles. The lowest BCUT2D eigenvalue weighted by molar-refractivity contribution is 0.289. The normalized spacial score (nSPS) is 20.0. The van der Waals surface area contributed by atoms with Crippen LogP contribution in [-0.2, 0) is 0 Å². The van der Waals surface area contributed by atoms with Gasteiger partial charge in [0, 0.05) is 31.9 Å². The summed E-state index contributed by atoms with van der Waals surface area (Å²) in [5, 5.41) is 11.3. The number of nitrogens with zero attached hydrogens (tertiary/aromatic N) is 1. The number of allylic oxidation sites excluding steroid dienone is 2. The van der Waals surface area contributed by atoms with Crippen LogP contribution < -0.4 is 16.8 Å². The zero-order valence-corrected chi connectivity index (χ0v) is 15.1. The van der Waals surface area contributed by atoms with E-state index in [1.807, 2.05) is 35.2 Å². The maximum absolute atomic E-state index is 13.2. The molecule has 25 heavy (non-hydrogen) atoms. The van der Waals surface area contributed by atoms with E-state index in [-0.39, 0.29) is 10.7 Å². The van der Waals surface area contributed by atoms with Gasteiger partial charge in [0.1, 0.15) is 12.0 Å². The maximum Gasteiger partial charge on any atom is 0.114 e. The quantitative estimate of drug-likeness (QED) is 0.441. The van der Waals surface area contributed by atoms with Gasteiger partial charge in [0.05, 0.1) is 16.3 Å². The maximum atomic E-state index is 13.2. The van der Waals surface area contributed by atoms with Crippen molar-refractivity contribution < 1.29 is 4.39 Å². The van der Waals surface area contributed by atoms with E-state index in [9.17, 15) is 4.39 Å². The number of halogens is 2. The number of nitrogens with two attached hydrogens (primary N) is 2. The fraction of sp³-hybridized carbons (Fsp3) is 0.389. The molecule has 1 atom stereocenters. The summed E-state index contributed by atoms with van der Waals surface area (Å²) in [7, 11) is 0. The molecule has 1 aromatic rings. The molecular weight excluding hydrogens is 341 g/mol. The highest BCUT2D eigenvalue weighted by Gasteiger charge is 2.21. The predicted octanol–water partition coefficient (Wildman–Crippen LogP) is 2.40. The van der Waals surface area contributed by atoms with Gasteiger partial charge >= 0.3 is 0 Å². The number of alkyl halides is 1. The van der Waals surface area contributed by atoms with Crippen molar-refractivity contribution in [1.29, 1.82) is 5.41 Å². The van der Waals surface area contributed by atoms with E-state index in [1.54, 1.807) is 6.92 Å². The number of rotatable bonds is 7. The Morgan fingerprint density at radius 3 is 2.60 bits per heavy atom. The Morgan fingerprint density at radius 1 is 1.36 bits per heavy atom. The third-order valence-corrected chi connectivity index (χ3v) is 4.54. The lowest BCUT2D eigenvalue weighted by Crippen LogP contribution is -2.33. The minimum Gasteiger partial charge on any atom is -0.397 e. The van der Waals surface area contributed by atoms with E-state index in [4.69, 9.17) is 28.5 Å². The lowest BCUT2D eigenvalue weighted by atomic mass is 10.1. The summed E-state index contributed by atoms with van der Waals surface area (Å²) in [6.07, 6.45) is -0.159. The first kappa shape index (κ1) is 19.3. The Balaban J connectivity index is 2.12. The van der Waals surface area contributed by atoms with Crippen LogP contribution in [-0.4, -0.2) is 43.0 Å². The van der Waals surface area contributed by atoms with Crippen molar-refractivity contribution in [2.45, 2.75) is 19.5 Å². The second kappa shape index (κ2) is 8.87. The van der Waals surface area contributed by atoms with E-state index < -0.39 is 6.17 Å². The molecule has 1 aliphatic rings. The van der Waals surface area contributed by atoms with Gasteiger partial charge < -0.3 is 22.2 Å². The van der Waals surface area contributed by atoms with E-state index in [0.29, 0.717) is 43.1 Å². The fourth-order valence-corrected chi connectivity index (χ4v) is 3.14. The fourth-order valence-electron chi connectivity index (χ4n) is 2.79. The third-order valence-electron chi connectivity index (χ3n) is 4.14. The van der Waals surface area contributed by atoms with Crippen molar-refractivity contribution in [1.82, 2.24) is 10.2 Å².